The van der Waals surface area contributed by atoms with Gasteiger partial charge in [-0.2, -0.15) is 0 Å². The molecule has 1 aromatic rings. The molecule has 0 N–H and O–H groups in total. The van der Waals surface area contributed by atoms with Gasteiger partial charge in [-0.1, -0.05) is 23.4 Å². The standard InChI is InChI=1S/C9H8ClNO2S/c1-7(11(12)13)6-14-9-4-2-8(10)3-5-9/h2-6H,1H3. The van der Waals surface area contributed by atoms with Crippen molar-refractivity contribution in [2.75, 3.05) is 0 Å². The van der Waals surface area contributed by atoms with Crippen LogP contribution in [0.1, 0.15) is 6.92 Å². The molecule has 0 aliphatic rings. The molecule has 0 fully saturated rings. The van der Waals surface area contributed by atoms with Gasteiger partial charge < -0.3 is 0 Å². The second-order valence-corrected chi connectivity index (χ2v) is 3.97. The molecule has 1 rings (SSSR count). The van der Waals surface area contributed by atoms with Crippen molar-refractivity contribution in [3.8, 4) is 0 Å². The van der Waals surface area contributed by atoms with E-state index in [2.05, 4.69) is 0 Å². The van der Waals surface area contributed by atoms with Crippen molar-refractivity contribution < 1.29 is 4.92 Å². The Morgan fingerprint density at radius 3 is 2.57 bits per heavy atom. The van der Waals surface area contributed by atoms with Gasteiger partial charge >= 0.3 is 0 Å². The van der Waals surface area contributed by atoms with Gasteiger partial charge in [0.15, 0.2) is 0 Å². The molecule has 0 saturated carbocycles. The fourth-order valence-electron chi connectivity index (χ4n) is 0.710. The van der Waals surface area contributed by atoms with E-state index in [4.69, 9.17) is 11.6 Å². The molecule has 14 heavy (non-hydrogen) atoms. The summed E-state index contributed by atoms with van der Waals surface area (Å²) in [5, 5.41) is 12.4. The van der Waals surface area contributed by atoms with Gasteiger partial charge in [-0.25, -0.2) is 0 Å². The molecule has 0 aromatic heterocycles. The highest BCUT2D eigenvalue weighted by atomic mass is 35.5. The molecule has 3 nitrogen and oxygen atoms in total. The molecule has 0 saturated heterocycles. The Hall–Kier alpha value is -1.00. The Morgan fingerprint density at radius 1 is 1.50 bits per heavy atom. The van der Waals surface area contributed by atoms with Crippen LogP contribution >= 0.6 is 23.4 Å². The topological polar surface area (TPSA) is 43.1 Å². The molecule has 0 atom stereocenters. The maximum atomic E-state index is 10.3. The van der Waals surface area contributed by atoms with E-state index in [-0.39, 0.29) is 5.70 Å². The fraction of sp³-hybridized carbons (Fsp3) is 0.111. The summed E-state index contributed by atoms with van der Waals surface area (Å²) in [5.74, 6) is 0. The van der Waals surface area contributed by atoms with E-state index in [0.717, 1.165) is 4.90 Å². The van der Waals surface area contributed by atoms with E-state index in [1.54, 1.807) is 12.1 Å². The lowest BCUT2D eigenvalue weighted by Crippen LogP contribution is -1.91. The van der Waals surface area contributed by atoms with Gasteiger partial charge in [0, 0.05) is 22.2 Å². The van der Waals surface area contributed by atoms with Gasteiger partial charge in [-0.3, -0.25) is 10.1 Å². The normalized spacial score (nSPS) is 11.4. The summed E-state index contributed by atoms with van der Waals surface area (Å²) in [6.07, 6.45) is 0. The third-order valence-corrected chi connectivity index (χ3v) is 2.72. The molecule has 0 unspecified atom stereocenters. The minimum absolute atomic E-state index is 0.130. The van der Waals surface area contributed by atoms with Crippen LogP contribution in [0.5, 0.6) is 0 Å². The maximum Gasteiger partial charge on any atom is 0.249 e. The third kappa shape index (κ3) is 3.40. The van der Waals surface area contributed by atoms with Crippen LogP contribution in [-0.2, 0) is 0 Å². The van der Waals surface area contributed by atoms with E-state index in [1.807, 2.05) is 12.1 Å². The average molecular weight is 230 g/mol. The first-order valence-corrected chi connectivity index (χ1v) is 5.09. The van der Waals surface area contributed by atoms with Crippen LogP contribution < -0.4 is 0 Å². The SMILES string of the molecule is CC(=CSc1ccc(Cl)cc1)[N+](=O)[O-]. The van der Waals surface area contributed by atoms with Crippen molar-refractivity contribution in [1.29, 1.82) is 0 Å². The van der Waals surface area contributed by atoms with E-state index in [1.165, 1.54) is 24.1 Å². The number of nitrogens with zero attached hydrogens (tertiary/aromatic N) is 1. The Bertz CT molecular complexity index is 362. The van der Waals surface area contributed by atoms with Crippen LogP contribution in [0, 0.1) is 10.1 Å². The molecule has 1 aromatic carbocycles. The Morgan fingerprint density at radius 2 is 2.07 bits per heavy atom. The predicted octanol–water partition coefficient (Wildman–Crippen LogP) is 3.57. The first-order valence-electron chi connectivity index (χ1n) is 3.83. The van der Waals surface area contributed by atoms with Crippen molar-refractivity contribution >= 4 is 23.4 Å². The number of rotatable bonds is 3. The lowest BCUT2D eigenvalue weighted by Gasteiger charge is -1.95. The van der Waals surface area contributed by atoms with Gasteiger partial charge in [0.2, 0.25) is 5.70 Å². The van der Waals surface area contributed by atoms with Gasteiger partial charge in [-0.15, -0.1) is 0 Å². The summed E-state index contributed by atoms with van der Waals surface area (Å²) in [6, 6.07) is 7.13. The Labute approximate surface area is 90.9 Å². The lowest BCUT2D eigenvalue weighted by molar-refractivity contribution is -0.424. The van der Waals surface area contributed by atoms with Crippen LogP contribution in [0.4, 0.5) is 0 Å². The van der Waals surface area contributed by atoms with Crippen molar-refractivity contribution in [3.05, 3.63) is 50.5 Å². The molecule has 0 amide bonds. The molecular weight excluding hydrogens is 222 g/mol. The van der Waals surface area contributed by atoms with E-state index >= 15 is 0 Å². The highest BCUT2D eigenvalue weighted by molar-refractivity contribution is 8.02. The lowest BCUT2D eigenvalue weighted by atomic mass is 10.4. The van der Waals surface area contributed by atoms with Crippen molar-refractivity contribution in [1.82, 2.24) is 0 Å². The zero-order valence-electron chi connectivity index (χ0n) is 7.44. The first kappa shape index (κ1) is 11.1. The first-order chi connectivity index (χ1) is 6.59. The summed E-state index contributed by atoms with van der Waals surface area (Å²) in [4.78, 5) is 10.8. The van der Waals surface area contributed by atoms with E-state index in [9.17, 15) is 10.1 Å². The predicted molar refractivity (Wildman–Crippen MR) is 58.1 cm³/mol. The van der Waals surface area contributed by atoms with Crippen LogP contribution in [-0.4, -0.2) is 4.92 Å². The van der Waals surface area contributed by atoms with E-state index in [0.29, 0.717) is 5.02 Å². The zero-order valence-corrected chi connectivity index (χ0v) is 9.01. The van der Waals surface area contributed by atoms with Gasteiger partial charge in [-0.05, 0) is 24.3 Å². The minimum Gasteiger partial charge on any atom is -0.259 e. The monoisotopic (exact) mass is 229 g/mol. The number of hydrogen-bond acceptors (Lipinski definition) is 3. The molecule has 5 heteroatoms. The molecule has 0 heterocycles. The summed E-state index contributed by atoms with van der Waals surface area (Å²) in [7, 11) is 0. The largest absolute Gasteiger partial charge is 0.259 e. The second-order valence-electron chi connectivity index (χ2n) is 2.59. The third-order valence-electron chi connectivity index (χ3n) is 1.47. The van der Waals surface area contributed by atoms with Crippen molar-refractivity contribution in [2.45, 2.75) is 11.8 Å². The average Bonchev–Trinajstić information content (AvgIpc) is 2.16. The summed E-state index contributed by atoms with van der Waals surface area (Å²) in [5.41, 5.74) is 0.130. The van der Waals surface area contributed by atoms with Crippen LogP contribution in [0.25, 0.3) is 0 Å². The van der Waals surface area contributed by atoms with Crippen LogP contribution in [0.2, 0.25) is 5.02 Å². The second kappa shape index (κ2) is 5.02. The number of hydrogen-bond donors (Lipinski definition) is 0. The molecular formula is C9H8ClNO2S. The van der Waals surface area contributed by atoms with Gasteiger partial charge in [0.25, 0.3) is 0 Å². The number of thioether (sulfide) groups is 1. The van der Waals surface area contributed by atoms with Gasteiger partial charge in [0.1, 0.15) is 0 Å². The zero-order chi connectivity index (χ0) is 10.6. The number of nitro groups is 1. The Kier molecular flexibility index (Phi) is 3.98. The minimum atomic E-state index is -0.414. The molecule has 0 radical (unpaired) electrons. The highest BCUT2D eigenvalue weighted by Gasteiger charge is 2.01. The van der Waals surface area contributed by atoms with Crippen molar-refractivity contribution in [2.24, 2.45) is 0 Å². The van der Waals surface area contributed by atoms with E-state index < -0.39 is 4.92 Å². The quantitative estimate of drug-likeness (QED) is 0.452. The summed E-state index contributed by atoms with van der Waals surface area (Å²) in [6.45, 7) is 1.46. The smallest absolute Gasteiger partial charge is 0.249 e. The molecule has 0 aliphatic carbocycles. The highest BCUT2D eigenvalue weighted by Crippen LogP contribution is 2.22. The molecule has 0 bridgehead atoms. The number of benzene rings is 1. The number of halogens is 1. The summed E-state index contributed by atoms with van der Waals surface area (Å²) >= 11 is 7.00. The molecule has 74 valence electrons. The maximum absolute atomic E-state index is 10.3. The van der Waals surface area contributed by atoms with Crippen LogP contribution in [0.15, 0.2) is 40.3 Å². The summed E-state index contributed by atoms with van der Waals surface area (Å²) < 4.78 is 0. The van der Waals surface area contributed by atoms with Crippen molar-refractivity contribution in [3.63, 3.8) is 0 Å². The Balaban J connectivity index is 2.66. The molecule has 0 spiro atoms. The van der Waals surface area contributed by atoms with Crippen LogP contribution in [0.3, 0.4) is 0 Å². The van der Waals surface area contributed by atoms with Gasteiger partial charge in [0.05, 0.1) is 4.92 Å². The number of allylic oxidation sites excluding steroid dienone is 1. The fourth-order valence-corrected chi connectivity index (χ4v) is 1.52. The molecule has 0 aliphatic heterocycles.